The van der Waals surface area contributed by atoms with Crippen LogP contribution in [0, 0.1) is 13.8 Å². The van der Waals surface area contributed by atoms with Crippen LogP contribution in [0.1, 0.15) is 22.1 Å². The number of halogens is 1. The average molecular weight is 274 g/mol. The van der Waals surface area contributed by atoms with E-state index in [1.165, 1.54) is 0 Å². The molecule has 3 heteroatoms. The van der Waals surface area contributed by atoms with Gasteiger partial charge in [-0.15, -0.1) is 11.6 Å². The van der Waals surface area contributed by atoms with E-state index in [1.807, 2.05) is 56.3 Å². The maximum atomic E-state index is 12.1. The molecule has 0 aliphatic carbocycles. The van der Waals surface area contributed by atoms with Gasteiger partial charge in [-0.2, -0.15) is 0 Å². The molecule has 0 fully saturated rings. The van der Waals surface area contributed by atoms with Crippen LogP contribution in [0.3, 0.4) is 0 Å². The molecule has 1 N–H and O–H groups in total. The first-order valence-corrected chi connectivity index (χ1v) is 6.58. The normalized spacial score (nSPS) is 11.9. The number of benzene rings is 2. The lowest BCUT2D eigenvalue weighted by molar-refractivity contribution is -0.116. The van der Waals surface area contributed by atoms with Gasteiger partial charge in [0.05, 0.1) is 0 Å². The number of rotatable bonds is 3. The fourth-order valence-electron chi connectivity index (χ4n) is 2.03. The van der Waals surface area contributed by atoms with Crippen molar-refractivity contribution in [1.29, 1.82) is 0 Å². The molecule has 0 saturated heterocycles. The first kappa shape index (κ1) is 13.6. The van der Waals surface area contributed by atoms with Crippen molar-refractivity contribution in [1.82, 2.24) is 0 Å². The largest absolute Gasteiger partial charge is 0.324 e. The second-order valence-corrected chi connectivity index (χ2v) is 5.08. The molecule has 0 bridgehead atoms. The molecule has 0 aromatic heterocycles. The van der Waals surface area contributed by atoms with E-state index < -0.39 is 5.38 Å². The molecule has 2 aromatic rings. The molecule has 2 nitrogen and oxygen atoms in total. The maximum Gasteiger partial charge on any atom is 0.246 e. The van der Waals surface area contributed by atoms with E-state index in [9.17, 15) is 4.79 Å². The predicted molar refractivity (Wildman–Crippen MR) is 79.6 cm³/mol. The summed E-state index contributed by atoms with van der Waals surface area (Å²) >= 11 is 6.17. The van der Waals surface area contributed by atoms with Crippen LogP contribution in [0.25, 0.3) is 0 Å². The first-order chi connectivity index (χ1) is 9.06. The molecule has 1 atom stereocenters. The summed E-state index contributed by atoms with van der Waals surface area (Å²) in [5.74, 6) is -0.210. The van der Waals surface area contributed by atoms with Gasteiger partial charge in [0.15, 0.2) is 0 Å². The zero-order valence-corrected chi connectivity index (χ0v) is 11.7. The van der Waals surface area contributed by atoms with Gasteiger partial charge < -0.3 is 5.32 Å². The minimum atomic E-state index is -0.679. The highest BCUT2D eigenvalue weighted by molar-refractivity contribution is 6.32. The van der Waals surface area contributed by atoms with Crippen molar-refractivity contribution in [3.8, 4) is 0 Å². The highest BCUT2D eigenvalue weighted by atomic mass is 35.5. The zero-order chi connectivity index (χ0) is 13.8. The molecule has 0 spiro atoms. The average Bonchev–Trinajstić information content (AvgIpc) is 2.37. The minimum absolute atomic E-state index is 0.210. The van der Waals surface area contributed by atoms with E-state index in [4.69, 9.17) is 11.6 Å². The quantitative estimate of drug-likeness (QED) is 0.834. The number of anilines is 1. The molecule has 0 aliphatic rings. The minimum Gasteiger partial charge on any atom is -0.324 e. The van der Waals surface area contributed by atoms with E-state index in [2.05, 4.69) is 11.4 Å². The van der Waals surface area contributed by atoms with Crippen molar-refractivity contribution in [3.05, 3.63) is 65.2 Å². The van der Waals surface area contributed by atoms with Gasteiger partial charge in [-0.25, -0.2) is 0 Å². The molecule has 0 saturated carbocycles. The molecule has 1 amide bonds. The van der Waals surface area contributed by atoms with E-state index in [-0.39, 0.29) is 5.91 Å². The van der Waals surface area contributed by atoms with Crippen molar-refractivity contribution in [2.45, 2.75) is 19.2 Å². The molecule has 0 radical (unpaired) electrons. The van der Waals surface area contributed by atoms with Crippen LogP contribution in [0.4, 0.5) is 5.69 Å². The summed E-state index contributed by atoms with van der Waals surface area (Å²) in [7, 11) is 0. The van der Waals surface area contributed by atoms with Crippen LogP contribution < -0.4 is 5.32 Å². The van der Waals surface area contributed by atoms with Gasteiger partial charge in [0.1, 0.15) is 5.38 Å². The lowest BCUT2D eigenvalue weighted by Gasteiger charge is -2.12. The molecule has 0 heterocycles. The van der Waals surface area contributed by atoms with Crippen molar-refractivity contribution in [2.75, 3.05) is 5.32 Å². The Balaban J connectivity index is 2.13. The van der Waals surface area contributed by atoms with Gasteiger partial charge in [-0.3, -0.25) is 4.79 Å². The van der Waals surface area contributed by atoms with Crippen LogP contribution in [0.5, 0.6) is 0 Å². The highest BCUT2D eigenvalue weighted by Crippen LogP contribution is 2.23. The van der Waals surface area contributed by atoms with Crippen LogP contribution in [0.15, 0.2) is 48.5 Å². The summed E-state index contributed by atoms with van der Waals surface area (Å²) in [5.41, 5.74) is 3.80. The highest BCUT2D eigenvalue weighted by Gasteiger charge is 2.17. The van der Waals surface area contributed by atoms with E-state index in [1.54, 1.807) is 0 Å². The Morgan fingerprint density at radius 2 is 1.63 bits per heavy atom. The van der Waals surface area contributed by atoms with Crippen LogP contribution in [0.2, 0.25) is 0 Å². The third-order valence-electron chi connectivity index (χ3n) is 2.81. The molecule has 0 aliphatic heterocycles. The summed E-state index contributed by atoms with van der Waals surface area (Å²) in [6.45, 7) is 4.00. The smallest absolute Gasteiger partial charge is 0.246 e. The lowest BCUT2D eigenvalue weighted by Crippen LogP contribution is -2.17. The lowest BCUT2D eigenvalue weighted by atomic mass is 10.1. The van der Waals surface area contributed by atoms with Gasteiger partial charge in [0.2, 0.25) is 5.91 Å². The molecule has 0 unspecified atom stereocenters. The predicted octanol–water partition coefficient (Wildman–Crippen LogP) is 4.22. The van der Waals surface area contributed by atoms with Crippen molar-refractivity contribution < 1.29 is 4.79 Å². The third-order valence-corrected chi connectivity index (χ3v) is 3.26. The summed E-state index contributed by atoms with van der Waals surface area (Å²) in [4.78, 5) is 12.1. The Kier molecular flexibility index (Phi) is 4.23. The van der Waals surface area contributed by atoms with Gasteiger partial charge in [0, 0.05) is 5.69 Å². The number of hydrogen-bond acceptors (Lipinski definition) is 1. The van der Waals surface area contributed by atoms with Gasteiger partial charge >= 0.3 is 0 Å². The Hall–Kier alpha value is -1.80. The molecule has 2 aromatic carbocycles. The fraction of sp³-hybridized carbons (Fsp3) is 0.188. The Morgan fingerprint density at radius 3 is 2.21 bits per heavy atom. The zero-order valence-electron chi connectivity index (χ0n) is 11.0. The molecule has 19 heavy (non-hydrogen) atoms. The van der Waals surface area contributed by atoms with E-state index in [0.29, 0.717) is 0 Å². The number of nitrogens with one attached hydrogen (secondary N) is 1. The Labute approximate surface area is 118 Å². The number of carbonyl (C=O) groups excluding carboxylic acids is 1. The molecule has 98 valence electrons. The molecular weight excluding hydrogens is 258 g/mol. The number of carbonyl (C=O) groups is 1. The summed E-state index contributed by atoms with van der Waals surface area (Å²) < 4.78 is 0. The van der Waals surface area contributed by atoms with Crippen LogP contribution >= 0.6 is 11.6 Å². The van der Waals surface area contributed by atoms with Crippen molar-refractivity contribution in [3.63, 3.8) is 0 Å². The SMILES string of the molecule is Cc1cc(C)cc(NC(=O)[C@@H](Cl)c2ccccc2)c1. The maximum absolute atomic E-state index is 12.1. The van der Waals surface area contributed by atoms with Gasteiger partial charge in [-0.05, 0) is 42.7 Å². The monoisotopic (exact) mass is 273 g/mol. The van der Waals surface area contributed by atoms with Crippen LogP contribution in [-0.2, 0) is 4.79 Å². The number of amides is 1. The molecule has 2 rings (SSSR count). The second kappa shape index (κ2) is 5.89. The summed E-state index contributed by atoms with van der Waals surface area (Å²) in [5, 5.41) is 2.17. The van der Waals surface area contributed by atoms with E-state index in [0.717, 1.165) is 22.4 Å². The first-order valence-electron chi connectivity index (χ1n) is 6.14. The second-order valence-electron chi connectivity index (χ2n) is 4.64. The topological polar surface area (TPSA) is 29.1 Å². The number of hydrogen-bond donors (Lipinski definition) is 1. The number of aryl methyl sites for hydroxylation is 2. The molecular formula is C16H16ClNO. The van der Waals surface area contributed by atoms with Crippen LogP contribution in [-0.4, -0.2) is 5.91 Å². The third kappa shape index (κ3) is 3.58. The summed E-state index contributed by atoms with van der Waals surface area (Å²) in [6.07, 6.45) is 0. The Morgan fingerprint density at radius 1 is 1.05 bits per heavy atom. The van der Waals surface area contributed by atoms with Crippen molar-refractivity contribution >= 4 is 23.2 Å². The van der Waals surface area contributed by atoms with Crippen molar-refractivity contribution in [2.24, 2.45) is 0 Å². The standard InChI is InChI=1S/C16H16ClNO/c1-11-8-12(2)10-14(9-11)18-16(19)15(17)13-6-4-3-5-7-13/h3-10,15H,1-2H3,(H,18,19)/t15-/m0/s1. The fourth-order valence-corrected chi connectivity index (χ4v) is 2.23. The van der Waals surface area contributed by atoms with Gasteiger partial charge in [-0.1, -0.05) is 36.4 Å². The summed E-state index contributed by atoms with van der Waals surface area (Å²) in [6, 6.07) is 15.3. The Bertz CT molecular complexity index is 560. The number of alkyl halides is 1. The van der Waals surface area contributed by atoms with Gasteiger partial charge in [0.25, 0.3) is 0 Å². The van der Waals surface area contributed by atoms with E-state index >= 15 is 0 Å².